The Hall–Kier alpha value is -3.12. The first-order valence-corrected chi connectivity index (χ1v) is 12.2. The molecule has 172 valence electrons. The summed E-state index contributed by atoms with van der Waals surface area (Å²) in [5.41, 5.74) is 3.87. The zero-order chi connectivity index (χ0) is 23.7. The highest BCUT2D eigenvalue weighted by Gasteiger charge is 2.32. The maximum absolute atomic E-state index is 12.8. The van der Waals surface area contributed by atoms with Gasteiger partial charge < -0.3 is 10.6 Å². The Morgan fingerprint density at radius 1 is 0.909 bits per heavy atom. The van der Waals surface area contributed by atoms with Crippen molar-refractivity contribution in [3.8, 4) is 11.1 Å². The number of nitrogens with zero attached hydrogens (tertiary/aromatic N) is 1. The second-order valence-electron chi connectivity index (χ2n) is 8.96. The summed E-state index contributed by atoms with van der Waals surface area (Å²) >= 11 is 1.71. The molecule has 3 aromatic rings. The number of hydrogen-bond acceptors (Lipinski definition) is 4. The van der Waals surface area contributed by atoms with Crippen molar-refractivity contribution in [3.63, 3.8) is 0 Å². The molecule has 5 nitrogen and oxygen atoms in total. The fourth-order valence-electron chi connectivity index (χ4n) is 3.34. The van der Waals surface area contributed by atoms with Gasteiger partial charge in [-0.25, -0.2) is 0 Å². The van der Waals surface area contributed by atoms with Gasteiger partial charge in [-0.3, -0.25) is 14.6 Å². The lowest BCUT2D eigenvalue weighted by Gasteiger charge is -2.30. The molecule has 1 heterocycles. The summed E-state index contributed by atoms with van der Waals surface area (Å²) in [6.07, 6.45) is 3.60. The number of benzene rings is 2. The van der Waals surface area contributed by atoms with Gasteiger partial charge in [-0.15, -0.1) is 0 Å². The Morgan fingerprint density at radius 3 is 2.18 bits per heavy atom. The topological polar surface area (TPSA) is 71.1 Å². The number of amides is 2. The van der Waals surface area contributed by atoms with Crippen LogP contribution in [0.15, 0.2) is 79.1 Å². The molecule has 0 aliphatic carbocycles. The third-order valence-electron chi connectivity index (χ3n) is 5.18. The van der Waals surface area contributed by atoms with Crippen molar-refractivity contribution >= 4 is 29.3 Å². The first kappa shape index (κ1) is 24.5. The molecule has 0 radical (unpaired) electrons. The van der Waals surface area contributed by atoms with E-state index >= 15 is 0 Å². The van der Waals surface area contributed by atoms with Gasteiger partial charge in [0.15, 0.2) is 0 Å². The Morgan fingerprint density at radius 2 is 1.55 bits per heavy atom. The van der Waals surface area contributed by atoms with Crippen LogP contribution in [0.4, 0.5) is 5.69 Å². The summed E-state index contributed by atoms with van der Waals surface area (Å²) in [4.78, 5) is 29.3. The summed E-state index contributed by atoms with van der Waals surface area (Å²) in [6, 6.07) is 21.6. The van der Waals surface area contributed by atoms with Crippen LogP contribution in [0.2, 0.25) is 0 Å². The molecular weight excluding hydrogens is 430 g/mol. The molecular formula is C27H31N3O2S. The van der Waals surface area contributed by atoms with Crippen molar-refractivity contribution in [2.75, 3.05) is 11.1 Å². The molecule has 6 heteroatoms. The van der Waals surface area contributed by atoms with Crippen molar-refractivity contribution in [1.82, 2.24) is 10.3 Å². The zero-order valence-corrected chi connectivity index (χ0v) is 20.2. The van der Waals surface area contributed by atoms with E-state index in [1.807, 2.05) is 39.0 Å². The van der Waals surface area contributed by atoms with Crippen molar-refractivity contribution < 1.29 is 9.59 Å². The van der Waals surface area contributed by atoms with E-state index in [0.717, 1.165) is 5.75 Å². The number of thioether (sulfide) groups is 1. The summed E-state index contributed by atoms with van der Waals surface area (Å²) in [6.45, 7) is 5.83. The average Bonchev–Trinajstić information content (AvgIpc) is 2.81. The largest absolute Gasteiger partial charge is 0.344 e. The molecule has 0 bridgehead atoms. The fraction of sp³-hybridized carbons (Fsp3) is 0.296. The van der Waals surface area contributed by atoms with Gasteiger partial charge in [-0.1, -0.05) is 75.4 Å². The Bertz CT molecular complexity index is 1030. The van der Waals surface area contributed by atoms with Crippen LogP contribution >= 0.6 is 11.8 Å². The molecule has 0 spiro atoms. The van der Waals surface area contributed by atoms with Gasteiger partial charge in [0.1, 0.15) is 6.04 Å². The number of pyridine rings is 1. The monoisotopic (exact) mass is 461 g/mol. The maximum atomic E-state index is 12.8. The maximum Gasteiger partial charge on any atom is 0.247 e. The highest BCUT2D eigenvalue weighted by atomic mass is 32.2. The van der Waals surface area contributed by atoms with Crippen molar-refractivity contribution in [2.45, 2.75) is 39.0 Å². The predicted octanol–water partition coefficient (Wildman–Crippen LogP) is 5.54. The van der Waals surface area contributed by atoms with Crippen molar-refractivity contribution in [2.24, 2.45) is 5.41 Å². The molecule has 3 rings (SSSR count). The Labute approximate surface area is 200 Å². The summed E-state index contributed by atoms with van der Waals surface area (Å²) < 4.78 is 0. The number of carbonyl (C=O) groups excluding carboxylic acids is 2. The molecule has 0 unspecified atom stereocenters. The minimum Gasteiger partial charge on any atom is -0.344 e. The number of hydrogen-bond donors (Lipinski definition) is 2. The lowest BCUT2D eigenvalue weighted by atomic mass is 9.86. The zero-order valence-electron chi connectivity index (χ0n) is 19.4. The van der Waals surface area contributed by atoms with E-state index in [4.69, 9.17) is 0 Å². The molecule has 0 aliphatic heterocycles. The third-order valence-corrected chi connectivity index (χ3v) is 6.21. The first-order valence-electron chi connectivity index (χ1n) is 11.1. The third kappa shape index (κ3) is 7.75. The lowest BCUT2D eigenvalue weighted by molar-refractivity contribution is -0.128. The SMILES string of the molecule is CC(C)(C)[C@H](NC(=O)CCSCc1ccc(-c2ccccc2)cc1)C(=O)Nc1ccncc1. The minimum atomic E-state index is -0.631. The average molecular weight is 462 g/mol. The molecule has 1 aromatic heterocycles. The molecule has 2 amide bonds. The Balaban J connectivity index is 1.45. The van der Waals surface area contributed by atoms with Gasteiger partial charge in [-0.2, -0.15) is 11.8 Å². The van der Waals surface area contributed by atoms with E-state index in [-0.39, 0.29) is 11.8 Å². The highest BCUT2D eigenvalue weighted by molar-refractivity contribution is 7.98. The number of anilines is 1. The minimum absolute atomic E-state index is 0.119. The van der Waals surface area contributed by atoms with E-state index in [1.165, 1.54) is 16.7 Å². The summed E-state index contributed by atoms with van der Waals surface area (Å²) in [5, 5.41) is 5.78. The van der Waals surface area contributed by atoms with E-state index < -0.39 is 11.5 Å². The van der Waals surface area contributed by atoms with Crippen LogP contribution in [0.3, 0.4) is 0 Å². The van der Waals surface area contributed by atoms with Gasteiger partial charge >= 0.3 is 0 Å². The van der Waals surface area contributed by atoms with Crippen LogP contribution in [-0.4, -0.2) is 28.6 Å². The molecule has 0 saturated carbocycles. The van der Waals surface area contributed by atoms with Gasteiger partial charge in [-0.05, 0) is 34.2 Å². The van der Waals surface area contributed by atoms with Crippen LogP contribution in [-0.2, 0) is 15.3 Å². The predicted molar refractivity (Wildman–Crippen MR) is 137 cm³/mol. The molecule has 1 atom stereocenters. The van der Waals surface area contributed by atoms with E-state index in [9.17, 15) is 9.59 Å². The summed E-state index contributed by atoms with van der Waals surface area (Å²) in [7, 11) is 0. The quantitative estimate of drug-likeness (QED) is 0.410. The number of carbonyl (C=O) groups is 2. The number of aromatic nitrogens is 1. The van der Waals surface area contributed by atoms with Crippen LogP contribution in [0.25, 0.3) is 11.1 Å². The van der Waals surface area contributed by atoms with Crippen molar-refractivity contribution in [1.29, 1.82) is 0 Å². The van der Waals surface area contributed by atoms with Gasteiger partial charge in [0, 0.05) is 36.0 Å². The van der Waals surface area contributed by atoms with Crippen LogP contribution in [0.5, 0.6) is 0 Å². The normalized spacial score (nSPS) is 12.1. The second kappa shape index (κ2) is 11.7. The second-order valence-corrected chi connectivity index (χ2v) is 10.1. The Kier molecular flexibility index (Phi) is 8.66. The molecule has 0 aliphatic rings. The van der Waals surface area contributed by atoms with E-state index in [0.29, 0.717) is 17.9 Å². The standard InChI is InChI=1S/C27H31N3O2S/c1-27(2,3)25(26(32)29-23-13-16-28-17-14-23)30-24(31)15-18-33-19-20-9-11-22(12-10-20)21-7-5-4-6-8-21/h4-14,16-17,25H,15,18-19H2,1-3H3,(H,30,31)(H,28,29,32)/t25-/m1/s1. The van der Waals surface area contributed by atoms with Crippen LogP contribution in [0.1, 0.15) is 32.8 Å². The number of rotatable bonds is 9. The molecule has 0 fully saturated rings. The van der Waals surface area contributed by atoms with E-state index in [2.05, 4.69) is 52.0 Å². The molecule has 2 N–H and O–H groups in total. The number of nitrogens with one attached hydrogen (secondary N) is 2. The summed E-state index contributed by atoms with van der Waals surface area (Å²) in [5.74, 6) is 1.18. The molecule has 33 heavy (non-hydrogen) atoms. The lowest BCUT2D eigenvalue weighted by Crippen LogP contribution is -2.51. The smallest absolute Gasteiger partial charge is 0.247 e. The van der Waals surface area contributed by atoms with E-state index in [1.54, 1.807) is 36.3 Å². The highest BCUT2D eigenvalue weighted by Crippen LogP contribution is 2.23. The van der Waals surface area contributed by atoms with Crippen molar-refractivity contribution in [3.05, 3.63) is 84.7 Å². The van der Waals surface area contributed by atoms with Gasteiger partial charge in [0.05, 0.1) is 0 Å². The van der Waals surface area contributed by atoms with Crippen LogP contribution in [0, 0.1) is 5.41 Å². The molecule has 2 aromatic carbocycles. The molecule has 0 saturated heterocycles. The van der Waals surface area contributed by atoms with Gasteiger partial charge in [0.25, 0.3) is 0 Å². The van der Waals surface area contributed by atoms with Crippen LogP contribution < -0.4 is 10.6 Å². The fourth-order valence-corrected chi connectivity index (χ4v) is 4.24. The van der Waals surface area contributed by atoms with Gasteiger partial charge in [0.2, 0.25) is 11.8 Å². The first-order chi connectivity index (χ1) is 15.8.